The SMILES string of the molecule is O=C(N[C@H](C(=O)N1C[C@H](Cl)[C@H]2OCC(=O)[C@H]21)C1CCCC1)c1ccc2[nH]c(=O)sc2c1. The van der Waals surface area contributed by atoms with Gasteiger partial charge in [-0.15, -0.1) is 11.6 Å². The molecule has 5 rings (SSSR count). The van der Waals surface area contributed by atoms with Crippen molar-refractivity contribution in [2.75, 3.05) is 13.2 Å². The van der Waals surface area contributed by atoms with Gasteiger partial charge in [-0.05, 0) is 37.0 Å². The van der Waals surface area contributed by atoms with Crippen LogP contribution in [0.25, 0.3) is 10.2 Å². The molecule has 8 nitrogen and oxygen atoms in total. The van der Waals surface area contributed by atoms with Gasteiger partial charge in [0.05, 0.1) is 15.6 Å². The maximum atomic E-state index is 13.5. The number of likely N-dealkylation sites (tertiary alicyclic amines) is 1. The number of Topliss-reactive ketones (excluding diaryl/α,β-unsaturated/α-hetero) is 1. The molecule has 2 saturated heterocycles. The molecule has 2 amide bonds. The van der Waals surface area contributed by atoms with E-state index in [0.29, 0.717) is 15.8 Å². The van der Waals surface area contributed by atoms with Gasteiger partial charge in [0, 0.05) is 12.1 Å². The summed E-state index contributed by atoms with van der Waals surface area (Å²) in [4.78, 5) is 54.5. The number of amides is 2. The summed E-state index contributed by atoms with van der Waals surface area (Å²) < 4.78 is 6.17. The molecule has 0 radical (unpaired) electrons. The van der Waals surface area contributed by atoms with E-state index >= 15 is 0 Å². The van der Waals surface area contributed by atoms with E-state index in [1.54, 1.807) is 18.2 Å². The highest BCUT2D eigenvalue weighted by Crippen LogP contribution is 2.34. The van der Waals surface area contributed by atoms with Crippen molar-refractivity contribution in [2.24, 2.45) is 5.92 Å². The average Bonchev–Trinajstić information content (AvgIpc) is 3.51. The fourth-order valence-electron chi connectivity index (χ4n) is 4.99. The van der Waals surface area contributed by atoms with Gasteiger partial charge in [-0.3, -0.25) is 19.2 Å². The highest BCUT2D eigenvalue weighted by atomic mass is 35.5. The van der Waals surface area contributed by atoms with Gasteiger partial charge in [0.2, 0.25) is 5.91 Å². The quantitative estimate of drug-likeness (QED) is 0.670. The lowest BCUT2D eigenvalue weighted by atomic mass is 9.95. The Labute approximate surface area is 186 Å². The standard InChI is InChI=1S/C21H22ClN3O5S/c22-12-8-25(17-14(26)9-30-18(12)17)20(28)16(10-3-1-2-4-10)24-19(27)11-5-6-13-15(7-11)31-21(29)23-13/h5-7,10,12,16-18H,1-4,8-9H2,(H,23,29)(H,24,27)/t12-,16-,17+,18+/m0/s1. The Hall–Kier alpha value is -2.23. The molecule has 31 heavy (non-hydrogen) atoms. The third kappa shape index (κ3) is 3.68. The predicted octanol–water partition coefficient (Wildman–Crippen LogP) is 1.66. The van der Waals surface area contributed by atoms with E-state index < -0.39 is 23.6 Å². The lowest BCUT2D eigenvalue weighted by Gasteiger charge is -2.30. The van der Waals surface area contributed by atoms with E-state index in [1.807, 2.05) is 0 Å². The summed E-state index contributed by atoms with van der Waals surface area (Å²) >= 11 is 7.39. The molecule has 1 aliphatic carbocycles. The van der Waals surface area contributed by atoms with E-state index in [4.69, 9.17) is 16.3 Å². The second-order valence-corrected chi connectivity index (χ2v) is 9.99. The van der Waals surface area contributed by atoms with Gasteiger partial charge in [-0.25, -0.2) is 0 Å². The second-order valence-electron chi connectivity index (χ2n) is 8.41. The van der Waals surface area contributed by atoms with E-state index in [1.165, 1.54) is 4.90 Å². The number of rotatable bonds is 4. The highest BCUT2D eigenvalue weighted by Gasteiger charge is 2.53. The number of thiazole rings is 1. The molecule has 4 atom stereocenters. The third-order valence-corrected chi connectivity index (χ3v) is 7.74. The molecule has 10 heteroatoms. The monoisotopic (exact) mass is 463 g/mol. The molecule has 1 aromatic carbocycles. The molecule has 0 bridgehead atoms. The van der Waals surface area contributed by atoms with Gasteiger partial charge in [-0.2, -0.15) is 0 Å². The molecule has 3 fully saturated rings. The van der Waals surface area contributed by atoms with E-state index in [9.17, 15) is 19.2 Å². The number of nitrogens with zero attached hydrogens (tertiary/aromatic N) is 1. The van der Waals surface area contributed by atoms with Gasteiger partial charge in [0.15, 0.2) is 5.78 Å². The Kier molecular flexibility index (Phi) is 5.35. The third-order valence-electron chi connectivity index (χ3n) is 6.51. The predicted molar refractivity (Wildman–Crippen MR) is 116 cm³/mol. The zero-order valence-electron chi connectivity index (χ0n) is 16.6. The van der Waals surface area contributed by atoms with Crippen LogP contribution in [0.1, 0.15) is 36.0 Å². The Morgan fingerprint density at radius 2 is 2.03 bits per heavy atom. The number of carbonyl (C=O) groups excluding carboxylic acids is 3. The number of aromatic amines is 1. The first kappa shape index (κ1) is 20.7. The molecule has 2 aliphatic heterocycles. The van der Waals surface area contributed by atoms with Crippen LogP contribution >= 0.6 is 22.9 Å². The van der Waals surface area contributed by atoms with Crippen LogP contribution in [0.15, 0.2) is 23.0 Å². The Morgan fingerprint density at radius 1 is 1.26 bits per heavy atom. The summed E-state index contributed by atoms with van der Waals surface area (Å²) in [6, 6.07) is 3.56. The molecule has 0 spiro atoms. The number of fused-ring (bicyclic) bond motifs is 2. The Bertz CT molecular complexity index is 1110. The van der Waals surface area contributed by atoms with Crippen molar-refractivity contribution >= 4 is 50.8 Å². The zero-order chi connectivity index (χ0) is 21.7. The van der Waals surface area contributed by atoms with Gasteiger partial charge < -0.3 is 19.9 Å². The summed E-state index contributed by atoms with van der Waals surface area (Å²) in [5, 5.41) is 2.48. The number of hydrogen-bond acceptors (Lipinski definition) is 6. The number of ether oxygens (including phenoxy) is 1. The summed E-state index contributed by atoms with van der Waals surface area (Å²) in [5.74, 6) is -0.788. The first-order valence-corrected chi connectivity index (χ1v) is 11.7. The molecule has 164 valence electrons. The molecule has 3 heterocycles. The Balaban J connectivity index is 1.40. The fraction of sp³-hybridized carbons (Fsp3) is 0.524. The van der Waals surface area contributed by atoms with Crippen LogP contribution in [0.2, 0.25) is 0 Å². The van der Waals surface area contributed by atoms with Crippen LogP contribution in [0.3, 0.4) is 0 Å². The van der Waals surface area contributed by atoms with E-state index in [-0.39, 0.29) is 41.5 Å². The molecular weight excluding hydrogens is 442 g/mol. The molecule has 2 N–H and O–H groups in total. The first-order valence-electron chi connectivity index (χ1n) is 10.4. The van der Waals surface area contributed by atoms with Crippen molar-refractivity contribution in [1.29, 1.82) is 0 Å². The van der Waals surface area contributed by atoms with Crippen molar-refractivity contribution in [3.63, 3.8) is 0 Å². The average molecular weight is 464 g/mol. The van der Waals surface area contributed by atoms with E-state index in [2.05, 4.69) is 10.3 Å². The number of nitrogens with one attached hydrogen (secondary N) is 2. The molecule has 2 aromatic rings. The number of H-pyrrole nitrogens is 1. The maximum absolute atomic E-state index is 13.5. The van der Waals surface area contributed by atoms with Crippen LogP contribution in [0.5, 0.6) is 0 Å². The molecule has 1 saturated carbocycles. The van der Waals surface area contributed by atoms with Gasteiger partial charge in [0.25, 0.3) is 5.91 Å². The lowest BCUT2D eigenvalue weighted by Crippen LogP contribution is -2.54. The number of hydrogen-bond donors (Lipinski definition) is 2. The van der Waals surface area contributed by atoms with Gasteiger partial charge in [-0.1, -0.05) is 24.2 Å². The van der Waals surface area contributed by atoms with Crippen LogP contribution < -0.4 is 10.2 Å². The summed E-state index contributed by atoms with van der Waals surface area (Å²) in [7, 11) is 0. The minimum absolute atomic E-state index is 0.00810. The number of ketones is 1. The number of carbonyl (C=O) groups is 3. The zero-order valence-corrected chi connectivity index (χ0v) is 18.2. The highest BCUT2D eigenvalue weighted by molar-refractivity contribution is 7.16. The van der Waals surface area contributed by atoms with Crippen LogP contribution in [-0.4, -0.2) is 64.2 Å². The molecular formula is C21H22ClN3O5S. The second kappa shape index (κ2) is 8.03. The smallest absolute Gasteiger partial charge is 0.305 e. The Morgan fingerprint density at radius 3 is 2.81 bits per heavy atom. The van der Waals surface area contributed by atoms with Crippen LogP contribution in [0.4, 0.5) is 0 Å². The topological polar surface area (TPSA) is 109 Å². The molecule has 1 aromatic heterocycles. The van der Waals surface area contributed by atoms with Crippen molar-refractivity contribution in [3.8, 4) is 0 Å². The number of alkyl halides is 1. The molecule has 0 unspecified atom stereocenters. The summed E-state index contributed by atoms with van der Waals surface area (Å²) in [5.41, 5.74) is 1.05. The normalized spacial score (nSPS) is 27.1. The van der Waals surface area contributed by atoms with Crippen molar-refractivity contribution < 1.29 is 19.1 Å². The van der Waals surface area contributed by atoms with Crippen LogP contribution in [0, 0.1) is 5.92 Å². The lowest BCUT2D eigenvalue weighted by molar-refractivity contribution is -0.139. The van der Waals surface area contributed by atoms with Gasteiger partial charge in [0.1, 0.15) is 24.8 Å². The largest absolute Gasteiger partial charge is 0.366 e. The summed E-state index contributed by atoms with van der Waals surface area (Å²) in [6.07, 6.45) is 3.19. The molecule has 3 aliphatic rings. The van der Waals surface area contributed by atoms with Crippen molar-refractivity contribution in [1.82, 2.24) is 15.2 Å². The fourth-order valence-corrected chi connectivity index (χ4v) is 6.12. The minimum Gasteiger partial charge on any atom is -0.366 e. The number of aromatic nitrogens is 1. The van der Waals surface area contributed by atoms with E-state index in [0.717, 1.165) is 37.0 Å². The van der Waals surface area contributed by atoms with Crippen molar-refractivity contribution in [3.05, 3.63) is 33.4 Å². The number of halogens is 1. The first-order chi connectivity index (χ1) is 14.9. The number of benzene rings is 1. The van der Waals surface area contributed by atoms with Crippen molar-refractivity contribution in [2.45, 2.75) is 49.2 Å². The maximum Gasteiger partial charge on any atom is 0.305 e. The summed E-state index contributed by atoms with van der Waals surface area (Å²) in [6.45, 7) is 0.187. The van der Waals surface area contributed by atoms with Gasteiger partial charge >= 0.3 is 4.87 Å². The minimum atomic E-state index is -0.730. The van der Waals surface area contributed by atoms with Crippen LogP contribution in [-0.2, 0) is 14.3 Å².